The Morgan fingerprint density at radius 3 is 2.35 bits per heavy atom. The summed E-state index contributed by atoms with van der Waals surface area (Å²) >= 11 is 6.06. The molecule has 1 heterocycles. The lowest BCUT2D eigenvalue weighted by molar-refractivity contribution is 0.414. The van der Waals surface area contributed by atoms with E-state index in [1.165, 1.54) is 4.57 Å². The van der Waals surface area contributed by atoms with Gasteiger partial charge in [0.05, 0.1) is 12.1 Å². The van der Waals surface area contributed by atoms with Crippen molar-refractivity contribution in [2.45, 2.75) is 13.8 Å². The van der Waals surface area contributed by atoms with Crippen molar-refractivity contribution in [3.8, 4) is 17.5 Å². The van der Waals surface area contributed by atoms with Crippen LogP contribution in [0.15, 0.2) is 29.1 Å². The zero-order valence-electron chi connectivity index (χ0n) is 11.4. The van der Waals surface area contributed by atoms with Crippen molar-refractivity contribution in [3.05, 3.63) is 56.5 Å². The first-order valence-electron chi connectivity index (χ1n) is 5.97. The summed E-state index contributed by atoms with van der Waals surface area (Å²) in [5.41, 5.74) is 1.66. The Hall–Kier alpha value is -2.25. The minimum Gasteiger partial charge on any atom is -0.497 e. The maximum Gasteiger partial charge on any atom is 0.274 e. The Balaban J connectivity index is 2.77. The molecule has 0 aliphatic carbocycles. The van der Waals surface area contributed by atoms with Crippen LogP contribution >= 0.6 is 11.6 Å². The number of nitriles is 1. The topological polar surface area (TPSA) is 55.0 Å². The van der Waals surface area contributed by atoms with Gasteiger partial charge in [0.15, 0.2) is 0 Å². The summed E-state index contributed by atoms with van der Waals surface area (Å²) < 4.78 is 6.58. The third kappa shape index (κ3) is 2.17. The van der Waals surface area contributed by atoms with Crippen LogP contribution in [0.25, 0.3) is 5.69 Å². The molecule has 0 unspecified atom stereocenters. The van der Waals surface area contributed by atoms with Crippen LogP contribution in [0.2, 0.25) is 5.02 Å². The van der Waals surface area contributed by atoms with Gasteiger partial charge in [-0.25, -0.2) is 0 Å². The molecule has 0 N–H and O–H groups in total. The lowest BCUT2D eigenvalue weighted by Gasteiger charge is -2.14. The number of halogens is 1. The second kappa shape index (κ2) is 5.40. The molecule has 1 aromatic heterocycles. The standard InChI is InChI=1S/C15H13ClN2O2/c1-9-10(2)18(15(19)13(8-17)14(9)16)11-4-6-12(20-3)7-5-11/h4-7H,1-3H3. The van der Waals surface area contributed by atoms with E-state index in [2.05, 4.69) is 0 Å². The number of pyridine rings is 1. The highest BCUT2D eigenvalue weighted by Gasteiger charge is 2.16. The van der Waals surface area contributed by atoms with E-state index in [4.69, 9.17) is 21.6 Å². The second-order valence-electron chi connectivity index (χ2n) is 4.35. The molecule has 20 heavy (non-hydrogen) atoms. The molecule has 0 fully saturated rings. The van der Waals surface area contributed by atoms with Crippen LogP contribution in [0.5, 0.6) is 5.75 Å². The zero-order valence-corrected chi connectivity index (χ0v) is 12.2. The molecule has 0 bridgehead atoms. The molecule has 0 amide bonds. The van der Waals surface area contributed by atoms with E-state index in [1.807, 2.05) is 6.07 Å². The van der Waals surface area contributed by atoms with Crippen molar-refractivity contribution in [3.63, 3.8) is 0 Å². The second-order valence-corrected chi connectivity index (χ2v) is 4.73. The Kier molecular flexibility index (Phi) is 3.82. The van der Waals surface area contributed by atoms with E-state index in [0.29, 0.717) is 17.1 Å². The van der Waals surface area contributed by atoms with Gasteiger partial charge in [0, 0.05) is 11.4 Å². The first kappa shape index (κ1) is 14.2. The molecule has 4 nitrogen and oxygen atoms in total. The lowest BCUT2D eigenvalue weighted by Crippen LogP contribution is -2.24. The third-order valence-corrected chi connectivity index (χ3v) is 3.76. The Morgan fingerprint density at radius 2 is 1.85 bits per heavy atom. The van der Waals surface area contributed by atoms with E-state index < -0.39 is 5.56 Å². The summed E-state index contributed by atoms with van der Waals surface area (Å²) in [5.74, 6) is 0.700. The van der Waals surface area contributed by atoms with Crippen molar-refractivity contribution in [2.24, 2.45) is 0 Å². The first-order chi connectivity index (χ1) is 9.51. The summed E-state index contributed by atoms with van der Waals surface area (Å²) in [7, 11) is 1.58. The van der Waals surface area contributed by atoms with Crippen LogP contribution in [0, 0.1) is 25.2 Å². The normalized spacial score (nSPS) is 10.2. The molecule has 5 heteroatoms. The smallest absolute Gasteiger partial charge is 0.274 e. The molecule has 102 valence electrons. The summed E-state index contributed by atoms with van der Waals surface area (Å²) in [6, 6.07) is 8.93. The van der Waals surface area contributed by atoms with E-state index in [-0.39, 0.29) is 10.6 Å². The fourth-order valence-corrected chi connectivity index (χ4v) is 2.27. The molecule has 0 aliphatic heterocycles. The highest BCUT2D eigenvalue weighted by Crippen LogP contribution is 2.23. The van der Waals surface area contributed by atoms with Gasteiger partial charge in [0.1, 0.15) is 17.4 Å². The molecular formula is C15H13ClN2O2. The average molecular weight is 289 g/mol. The van der Waals surface area contributed by atoms with Crippen molar-refractivity contribution in [2.75, 3.05) is 7.11 Å². The highest BCUT2D eigenvalue weighted by atomic mass is 35.5. The largest absolute Gasteiger partial charge is 0.497 e. The quantitative estimate of drug-likeness (QED) is 0.853. The molecule has 1 aromatic carbocycles. The van der Waals surface area contributed by atoms with Gasteiger partial charge in [0.2, 0.25) is 0 Å². The SMILES string of the molecule is COc1ccc(-n2c(C)c(C)c(Cl)c(C#N)c2=O)cc1. The van der Waals surface area contributed by atoms with Gasteiger partial charge >= 0.3 is 0 Å². The monoisotopic (exact) mass is 288 g/mol. The molecule has 0 saturated carbocycles. The maximum atomic E-state index is 12.4. The van der Waals surface area contributed by atoms with E-state index in [0.717, 1.165) is 5.56 Å². The molecule has 2 rings (SSSR count). The van der Waals surface area contributed by atoms with Gasteiger partial charge in [-0.05, 0) is 43.7 Å². The van der Waals surface area contributed by atoms with Gasteiger partial charge in [-0.15, -0.1) is 0 Å². The molecule has 0 atom stereocenters. The van der Waals surface area contributed by atoms with Gasteiger partial charge in [-0.2, -0.15) is 5.26 Å². The lowest BCUT2D eigenvalue weighted by atomic mass is 10.1. The van der Waals surface area contributed by atoms with E-state index in [1.54, 1.807) is 45.2 Å². The van der Waals surface area contributed by atoms with Crippen molar-refractivity contribution in [1.82, 2.24) is 4.57 Å². The van der Waals surface area contributed by atoms with E-state index >= 15 is 0 Å². The van der Waals surface area contributed by atoms with Crippen LogP contribution < -0.4 is 10.3 Å². The summed E-state index contributed by atoms with van der Waals surface area (Å²) in [6.07, 6.45) is 0. The number of hydrogen-bond acceptors (Lipinski definition) is 3. The van der Waals surface area contributed by atoms with Crippen molar-refractivity contribution in [1.29, 1.82) is 5.26 Å². The van der Waals surface area contributed by atoms with Crippen LogP contribution in [0.3, 0.4) is 0 Å². The minimum atomic E-state index is -0.411. The third-order valence-electron chi connectivity index (χ3n) is 3.29. The Morgan fingerprint density at radius 1 is 1.25 bits per heavy atom. The van der Waals surface area contributed by atoms with Gasteiger partial charge in [0.25, 0.3) is 5.56 Å². The number of nitrogens with zero attached hydrogens (tertiary/aromatic N) is 2. The summed E-state index contributed by atoms with van der Waals surface area (Å²) in [6.45, 7) is 3.59. The Bertz CT molecular complexity index is 755. The number of hydrogen-bond donors (Lipinski definition) is 0. The van der Waals surface area contributed by atoms with Gasteiger partial charge in [-0.3, -0.25) is 9.36 Å². The number of aromatic nitrogens is 1. The fourth-order valence-electron chi connectivity index (χ4n) is 2.01. The van der Waals surface area contributed by atoms with Crippen molar-refractivity contribution >= 4 is 11.6 Å². The molecule has 2 aromatic rings. The molecule has 0 spiro atoms. The van der Waals surface area contributed by atoms with Crippen molar-refractivity contribution < 1.29 is 4.74 Å². The van der Waals surface area contributed by atoms with Crippen LogP contribution in [0.1, 0.15) is 16.8 Å². The number of ether oxygens (including phenoxy) is 1. The van der Waals surface area contributed by atoms with Crippen LogP contribution in [-0.2, 0) is 0 Å². The maximum absolute atomic E-state index is 12.4. The molecular weight excluding hydrogens is 276 g/mol. The molecule has 0 aliphatic rings. The fraction of sp³-hybridized carbons (Fsp3) is 0.200. The number of benzene rings is 1. The summed E-state index contributed by atoms with van der Waals surface area (Å²) in [5, 5.41) is 9.32. The van der Waals surface area contributed by atoms with Gasteiger partial charge in [-0.1, -0.05) is 11.6 Å². The average Bonchev–Trinajstić information content (AvgIpc) is 2.46. The first-order valence-corrected chi connectivity index (χ1v) is 6.35. The number of rotatable bonds is 2. The van der Waals surface area contributed by atoms with Crippen LogP contribution in [-0.4, -0.2) is 11.7 Å². The molecule has 0 saturated heterocycles. The highest BCUT2D eigenvalue weighted by molar-refractivity contribution is 6.32. The predicted octanol–water partition coefficient (Wildman–Crippen LogP) is 2.99. The summed E-state index contributed by atoms with van der Waals surface area (Å²) in [4.78, 5) is 12.4. The minimum absolute atomic E-state index is 0.0365. The Labute approximate surface area is 121 Å². The zero-order chi connectivity index (χ0) is 14.9. The predicted molar refractivity (Wildman–Crippen MR) is 77.8 cm³/mol. The van der Waals surface area contributed by atoms with E-state index in [9.17, 15) is 4.79 Å². The van der Waals surface area contributed by atoms with Crippen LogP contribution in [0.4, 0.5) is 0 Å². The number of methoxy groups -OCH3 is 1. The molecule has 0 radical (unpaired) electrons. The van der Waals surface area contributed by atoms with Gasteiger partial charge < -0.3 is 4.74 Å².